The summed E-state index contributed by atoms with van der Waals surface area (Å²) in [4.78, 5) is 0. The molecule has 4 heteroatoms. The van der Waals surface area contributed by atoms with Crippen LogP contribution in [0.5, 0.6) is 0 Å². The first kappa shape index (κ1) is 10.3. The van der Waals surface area contributed by atoms with Crippen LogP contribution in [0.15, 0.2) is 18.2 Å². The van der Waals surface area contributed by atoms with Crippen molar-refractivity contribution in [3.8, 4) is 6.07 Å². The van der Waals surface area contributed by atoms with Gasteiger partial charge in [0.05, 0.1) is 18.6 Å². The van der Waals surface area contributed by atoms with E-state index in [1.54, 1.807) is 18.2 Å². The van der Waals surface area contributed by atoms with E-state index in [1.165, 1.54) is 0 Å². The number of nitrogens with zero attached hydrogens (tertiary/aromatic N) is 1. The predicted molar refractivity (Wildman–Crippen MR) is 51.7 cm³/mol. The lowest BCUT2D eigenvalue weighted by molar-refractivity contribution is 0.183. The first-order valence-corrected chi connectivity index (χ1v) is 4.40. The Morgan fingerprint density at radius 3 is 2.77 bits per heavy atom. The van der Waals surface area contributed by atoms with Crippen LogP contribution in [-0.4, -0.2) is 5.11 Å². The molecule has 0 spiro atoms. The molecule has 2 nitrogen and oxygen atoms in total. The largest absolute Gasteiger partial charge is 0.387 e. The van der Waals surface area contributed by atoms with Gasteiger partial charge in [-0.3, -0.25) is 0 Å². The summed E-state index contributed by atoms with van der Waals surface area (Å²) in [6, 6.07) is 6.65. The van der Waals surface area contributed by atoms with E-state index < -0.39 is 6.10 Å². The Labute approximate surface area is 86.3 Å². The number of nitriles is 1. The Bertz CT molecular complexity index is 346. The molecule has 0 saturated heterocycles. The van der Waals surface area contributed by atoms with Gasteiger partial charge in [-0.1, -0.05) is 23.2 Å². The van der Waals surface area contributed by atoms with Crippen LogP contribution in [0.3, 0.4) is 0 Å². The number of hydrogen-bond acceptors (Lipinski definition) is 2. The molecule has 0 radical (unpaired) electrons. The zero-order valence-electron chi connectivity index (χ0n) is 6.67. The van der Waals surface area contributed by atoms with Gasteiger partial charge in [-0.25, -0.2) is 0 Å². The van der Waals surface area contributed by atoms with Crippen molar-refractivity contribution in [2.24, 2.45) is 0 Å². The van der Waals surface area contributed by atoms with Crippen LogP contribution in [0, 0.1) is 11.3 Å². The van der Waals surface area contributed by atoms with E-state index in [0.717, 1.165) is 0 Å². The molecule has 68 valence electrons. The lowest BCUT2D eigenvalue weighted by atomic mass is 10.1. The molecule has 1 unspecified atom stereocenters. The van der Waals surface area contributed by atoms with Crippen molar-refractivity contribution < 1.29 is 5.11 Å². The smallest absolute Gasteiger partial charge is 0.0934 e. The standard InChI is InChI=1S/C9H7Cl2NO/c10-6-1-2-8(11)7(5-6)9(13)3-4-12/h1-2,5,9,13H,3H2. The van der Waals surface area contributed by atoms with Crippen molar-refractivity contribution >= 4 is 23.2 Å². The zero-order valence-corrected chi connectivity index (χ0v) is 8.18. The normalized spacial score (nSPS) is 12.2. The summed E-state index contributed by atoms with van der Waals surface area (Å²) in [5.74, 6) is 0. The maximum absolute atomic E-state index is 9.46. The van der Waals surface area contributed by atoms with Crippen LogP contribution in [0.2, 0.25) is 10.0 Å². The van der Waals surface area contributed by atoms with E-state index >= 15 is 0 Å². The third kappa shape index (κ3) is 2.60. The van der Waals surface area contributed by atoms with Gasteiger partial charge in [0, 0.05) is 15.6 Å². The highest BCUT2D eigenvalue weighted by molar-refractivity contribution is 6.33. The minimum Gasteiger partial charge on any atom is -0.387 e. The minimum absolute atomic E-state index is 0.0140. The molecule has 0 heterocycles. The van der Waals surface area contributed by atoms with E-state index in [9.17, 15) is 5.11 Å². The molecular formula is C9H7Cl2NO. The third-order valence-corrected chi connectivity index (χ3v) is 2.18. The number of rotatable bonds is 2. The van der Waals surface area contributed by atoms with Crippen LogP contribution in [0.1, 0.15) is 18.1 Å². The quantitative estimate of drug-likeness (QED) is 0.825. The third-order valence-electron chi connectivity index (χ3n) is 1.60. The van der Waals surface area contributed by atoms with Crippen LogP contribution in [-0.2, 0) is 0 Å². The fourth-order valence-corrected chi connectivity index (χ4v) is 1.39. The maximum atomic E-state index is 9.46. The van der Waals surface area contributed by atoms with Crippen molar-refractivity contribution in [3.05, 3.63) is 33.8 Å². The minimum atomic E-state index is -0.865. The van der Waals surface area contributed by atoms with Crippen molar-refractivity contribution in [1.29, 1.82) is 5.26 Å². The summed E-state index contributed by atoms with van der Waals surface area (Å²) in [6.07, 6.45) is -0.851. The molecule has 0 aliphatic carbocycles. The Balaban J connectivity index is 3.00. The summed E-state index contributed by atoms with van der Waals surface area (Å²) in [5, 5.41) is 18.8. The van der Waals surface area contributed by atoms with Crippen molar-refractivity contribution in [1.82, 2.24) is 0 Å². The second-order valence-electron chi connectivity index (χ2n) is 2.54. The van der Waals surface area contributed by atoms with Crippen LogP contribution >= 0.6 is 23.2 Å². The van der Waals surface area contributed by atoms with Gasteiger partial charge >= 0.3 is 0 Å². The SMILES string of the molecule is N#CCC(O)c1cc(Cl)ccc1Cl. The van der Waals surface area contributed by atoms with Crippen LogP contribution < -0.4 is 0 Å². The van der Waals surface area contributed by atoms with Gasteiger partial charge in [0.1, 0.15) is 0 Å². The highest BCUT2D eigenvalue weighted by Crippen LogP contribution is 2.27. The maximum Gasteiger partial charge on any atom is 0.0934 e. The first-order chi connectivity index (χ1) is 6.15. The number of hydrogen-bond donors (Lipinski definition) is 1. The molecule has 0 saturated carbocycles. The predicted octanol–water partition coefficient (Wildman–Crippen LogP) is 2.94. The lowest BCUT2D eigenvalue weighted by Gasteiger charge is -2.08. The number of aliphatic hydroxyl groups is 1. The van der Waals surface area contributed by atoms with Gasteiger partial charge in [0.15, 0.2) is 0 Å². The molecule has 0 aliphatic heterocycles. The van der Waals surface area contributed by atoms with Crippen LogP contribution in [0.25, 0.3) is 0 Å². The second-order valence-corrected chi connectivity index (χ2v) is 3.39. The average molecular weight is 216 g/mol. The molecule has 1 N–H and O–H groups in total. The second kappa shape index (κ2) is 4.48. The molecule has 0 amide bonds. The van der Waals surface area contributed by atoms with E-state index in [2.05, 4.69) is 0 Å². The molecule has 1 rings (SSSR count). The van der Waals surface area contributed by atoms with Gasteiger partial charge in [-0.05, 0) is 18.2 Å². The fourth-order valence-electron chi connectivity index (χ4n) is 0.966. The Morgan fingerprint density at radius 1 is 1.46 bits per heavy atom. The molecular weight excluding hydrogens is 209 g/mol. The molecule has 1 atom stereocenters. The summed E-state index contributed by atoms with van der Waals surface area (Å²) in [7, 11) is 0. The molecule has 0 aliphatic rings. The van der Waals surface area contributed by atoms with E-state index in [0.29, 0.717) is 15.6 Å². The van der Waals surface area contributed by atoms with Crippen molar-refractivity contribution in [2.75, 3.05) is 0 Å². The molecule has 0 aromatic heterocycles. The molecule has 1 aromatic carbocycles. The first-order valence-electron chi connectivity index (χ1n) is 3.65. The number of halogens is 2. The average Bonchev–Trinajstić information content (AvgIpc) is 2.09. The van der Waals surface area contributed by atoms with Crippen molar-refractivity contribution in [3.63, 3.8) is 0 Å². The van der Waals surface area contributed by atoms with E-state index in [1.807, 2.05) is 6.07 Å². The molecule has 13 heavy (non-hydrogen) atoms. The van der Waals surface area contributed by atoms with Gasteiger partial charge in [0.25, 0.3) is 0 Å². The highest BCUT2D eigenvalue weighted by atomic mass is 35.5. The number of aliphatic hydroxyl groups excluding tert-OH is 1. The molecule has 1 aromatic rings. The highest BCUT2D eigenvalue weighted by Gasteiger charge is 2.11. The summed E-state index contributed by atoms with van der Waals surface area (Å²) >= 11 is 11.5. The van der Waals surface area contributed by atoms with E-state index in [4.69, 9.17) is 28.5 Å². The monoisotopic (exact) mass is 215 g/mol. The lowest BCUT2D eigenvalue weighted by Crippen LogP contribution is -1.96. The Hall–Kier alpha value is -0.750. The Kier molecular flexibility index (Phi) is 3.56. The number of benzene rings is 1. The topological polar surface area (TPSA) is 44.0 Å². The fraction of sp³-hybridized carbons (Fsp3) is 0.222. The van der Waals surface area contributed by atoms with Crippen molar-refractivity contribution in [2.45, 2.75) is 12.5 Å². The van der Waals surface area contributed by atoms with Gasteiger partial charge < -0.3 is 5.11 Å². The summed E-state index contributed by atoms with van der Waals surface area (Å²) in [6.45, 7) is 0. The van der Waals surface area contributed by atoms with Gasteiger partial charge in [-0.2, -0.15) is 5.26 Å². The Morgan fingerprint density at radius 2 is 2.15 bits per heavy atom. The zero-order chi connectivity index (χ0) is 9.84. The van der Waals surface area contributed by atoms with Gasteiger partial charge in [-0.15, -0.1) is 0 Å². The van der Waals surface area contributed by atoms with Crippen LogP contribution in [0.4, 0.5) is 0 Å². The molecule has 0 fully saturated rings. The van der Waals surface area contributed by atoms with E-state index in [-0.39, 0.29) is 6.42 Å². The molecule has 0 bridgehead atoms. The summed E-state index contributed by atoms with van der Waals surface area (Å²) < 4.78 is 0. The summed E-state index contributed by atoms with van der Waals surface area (Å²) in [5.41, 5.74) is 0.496. The van der Waals surface area contributed by atoms with Gasteiger partial charge in [0.2, 0.25) is 0 Å².